The first-order valence-corrected chi connectivity index (χ1v) is 10.8. The van der Waals surface area contributed by atoms with Crippen LogP contribution in [0.3, 0.4) is 0 Å². The molecule has 0 aromatic carbocycles. The minimum atomic E-state index is 0.551. The molecule has 0 rings (SSSR count). The van der Waals surface area contributed by atoms with E-state index in [2.05, 4.69) is 19.8 Å². The molecule has 0 saturated heterocycles. The molecule has 0 fully saturated rings. The Morgan fingerprint density at radius 1 is 0.522 bits per heavy atom. The monoisotopic (exact) mass is 320 g/mol. The van der Waals surface area contributed by atoms with E-state index in [1.165, 1.54) is 116 Å². The van der Waals surface area contributed by atoms with Crippen molar-refractivity contribution in [2.75, 3.05) is 0 Å². The summed E-state index contributed by atoms with van der Waals surface area (Å²) in [7, 11) is 0. The van der Waals surface area contributed by atoms with Crippen molar-refractivity contribution in [3.63, 3.8) is 0 Å². The number of rotatable bonds is 18. The predicted octanol–water partition coefficient (Wildman–Crippen LogP) is 8.30. The topological polar surface area (TPSA) is 0 Å². The zero-order valence-electron chi connectivity index (χ0n) is 16.4. The maximum atomic E-state index is 5.71. The first kappa shape index (κ1) is 22.6. The van der Waals surface area contributed by atoms with Gasteiger partial charge in [-0.1, -0.05) is 117 Å². The molecule has 0 atom stereocenters. The molecule has 0 amide bonds. The highest BCUT2D eigenvalue weighted by atomic mass is 14.1. The van der Waals surface area contributed by atoms with E-state index in [1.807, 2.05) is 0 Å². The smallest absolute Gasteiger partial charge is 0.0200 e. The SMILES string of the molecule is C#CC(CCCCCCCCCC)CCCCCCCCCC. The Morgan fingerprint density at radius 2 is 0.826 bits per heavy atom. The molecule has 0 saturated carbocycles. The minimum Gasteiger partial charge on any atom is -0.120 e. The van der Waals surface area contributed by atoms with Gasteiger partial charge in [-0.2, -0.15) is 0 Å². The molecule has 0 heteroatoms. The van der Waals surface area contributed by atoms with E-state index in [4.69, 9.17) is 6.42 Å². The molecule has 0 aliphatic rings. The second-order valence-corrected chi connectivity index (χ2v) is 7.39. The van der Waals surface area contributed by atoms with Crippen molar-refractivity contribution in [1.82, 2.24) is 0 Å². The minimum absolute atomic E-state index is 0.551. The average molecular weight is 321 g/mol. The van der Waals surface area contributed by atoms with Crippen molar-refractivity contribution in [2.45, 2.75) is 129 Å². The van der Waals surface area contributed by atoms with Crippen molar-refractivity contribution >= 4 is 0 Å². The summed E-state index contributed by atoms with van der Waals surface area (Å²) >= 11 is 0. The summed E-state index contributed by atoms with van der Waals surface area (Å²) in [4.78, 5) is 0. The van der Waals surface area contributed by atoms with Gasteiger partial charge in [0.05, 0.1) is 0 Å². The third-order valence-electron chi connectivity index (χ3n) is 5.05. The van der Waals surface area contributed by atoms with E-state index in [0.29, 0.717) is 5.92 Å². The first-order valence-electron chi connectivity index (χ1n) is 10.8. The lowest BCUT2D eigenvalue weighted by Gasteiger charge is -2.10. The van der Waals surface area contributed by atoms with Crippen LogP contribution < -0.4 is 0 Å². The summed E-state index contributed by atoms with van der Waals surface area (Å²) in [6, 6.07) is 0. The zero-order chi connectivity index (χ0) is 17.0. The van der Waals surface area contributed by atoms with Crippen LogP contribution in [0.25, 0.3) is 0 Å². The summed E-state index contributed by atoms with van der Waals surface area (Å²) in [5, 5.41) is 0. The molecule has 136 valence electrons. The Labute approximate surface area is 148 Å². The van der Waals surface area contributed by atoms with Gasteiger partial charge in [-0.05, 0) is 12.8 Å². The van der Waals surface area contributed by atoms with E-state index in [-0.39, 0.29) is 0 Å². The maximum Gasteiger partial charge on any atom is 0.0200 e. The van der Waals surface area contributed by atoms with Crippen LogP contribution in [0, 0.1) is 18.3 Å². The van der Waals surface area contributed by atoms with Gasteiger partial charge in [0.15, 0.2) is 0 Å². The summed E-state index contributed by atoms with van der Waals surface area (Å²) in [5.41, 5.74) is 0. The molecule has 0 nitrogen and oxygen atoms in total. The van der Waals surface area contributed by atoms with Crippen molar-refractivity contribution in [2.24, 2.45) is 5.92 Å². The van der Waals surface area contributed by atoms with E-state index in [0.717, 1.165) is 0 Å². The van der Waals surface area contributed by atoms with Crippen LogP contribution in [-0.4, -0.2) is 0 Å². The molecule has 0 spiro atoms. The Balaban J connectivity index is 3.31. The standard InChI is InChI=1S/C23H44/c1-4-7-9-11-13-15-17-19-21-23(6-3)22-20-18-16-14-12-10-8-5-2/h3,23H,4-5,7-22H2,1-2H3. The fourth-order valence-corrected chi connectivity index (χ4v) is 3.36. The van der Waals surface area contributed by atoms with Gasteiger partial charge in [-0.25, -0.2) is 0 Å². The molecule has 0 aliphatic carbocycles. The molecular formula is C23H44. The molecule has 23 heavy (non-hydrogen) atoms. The zero-order valence-corrected chi connectivity index (χ0v) is 16.4. The Bertz CT molecular complexity index is 227. The van der Waals surface area contributed by atoms with Crippen molar-refractivity contribution < 1.29 is 0 Å². The lowest BCUT2D eigenvalue weighted by atomic mass is 9.95. The predicted molar refractivity (Wildman–Crippen MR) is 107 cm³/mol. The van der Waals surface area contributed by atoms with Gasteiger partial charge in [0.25, 0.3) is 0 Å². The first-order chi connectivity index (χ1) is 11.3. The quantitative estimate of drug-likeness (QED) is 0.176. The van der Waals surface area contributed by atoms with Crippen molar-refractivity contribution in [1.29, 1.82) is 0 Å². The average Bonchev–Trinajstić information content (AvgIpc) is 2.57. The molecule has 0 heterocycles. The highest BCUT2D eigenvalue weighted by Gasteiger charge is 2.04. The molecule has 0 aromatic rings. The highest BCUT2D eigenvalue weighted by Crippen LogP contribution is 2.19. The van der Waals surface area contributed by atoms with Crippen LogP contribution in [0.4, 0.5) is 0 Å². The Kier molecular flexibility index (Phi) is 19.2. The summed E-state index contributed by atoms with van der Waals surface area (Å²) < 4.78 is 0. The number of hydrogen-bond acceptors (Lipinski definition) is 0. The van der Waals surface area contributed by atoms with E-state index in [9.17, 15) is 0 Å². The Hall–Kier alpha value is -0.440. The van der Waals surface area contributed by atoms with Crippen LogP contribution in [0.2, 0.25) is 0 Å². The molecular weight excluding hydrogens is 276 g/mol. The van der Waals surface area contributed by atoms with Crippen molar-refractivity contribution in [3.05, 3.63) is 0 Å². The lowest BCUT2D eigenvalue weighted by molar-refractivity contribution is 0.473. The van der Waals surface area contributed by atoms with Crippen LogP contribution in [0.1, 0.15) is 129 Å². The fraction of sp³-hybridized carbons (Fsp3) is 0.913. The molecule has 0 radical (unpaired) electrons. The Morgan fingerprint density at radius 3 is 1.13 bits per heavy atom. The molecule has 0 N–H and O–H groups in total. The largest absolute Gasteiger partial charge is 0.120 e. The summed E-state index contributed by atoms with van der Waals surface area (Å²) in [6.07, 6.45) is 30.7. The highest BCUT2D eigenvalue weighted by molar-refractivity contribution is 4.92. The van der Waals surface area contributed by atoms with Crippen LogP contribution >= 0.6 is 0 Å². The third-order valence-corrected chi connectivity index (χ3v) is 5.05. The van der Waals surface area contributed by atoms with Crippen LogP contribution in [0.5, 0.6) is 0 Å². The summed E-state index contributed by atoms with van der Waals surface area (Å²) in [5.74, 6) is 3.59. The number of unbranched alkanes of at least 4 members (excludes halogenated alkanes) is 14. The van der Waals surface area contributed by atoms with Crippen LogP contribution in [-0.2, 0) is 0 Å². The van der Waals surface area contributed by atoms with Gasteiger partial charge in [0, 0.05) is 5.92 Å². The van der Waals surface area contributed by atoms with Gasteiger partial charge in [0.1, 0.15) is 0 Å². The van der Waals surface area contributed by atoms with E-state index >= 15 is 0 Å². The third kappa shape index (κ3) is 17.7. The van der Waals surface area contributed by atoms with Crippen molar-refractivity contribution in [3.8, 4) is 12.3 Å². The summed E-state index contributed by atoms with van der Waals surface area (Å²) in [6.45, 7) is 4.57. The molecule has 0 aromatic heterocycles. The lowest BCUT2D eigenvalue weighted by Crippen LogP contribution is -1.97. The normalized spacial score (nSPS) is 11.0. The molecule has 0 bridgehead atoms. The molecule has 0 unspecified atom stereocenters. The van der Waals surface area contributed by atoms with E-state index < -0.39 is 0 Å². The van der Waals surface area contributed by atoms with Gasteiger partial charge in [0.2, 0.25) is 0 Å². The fourth-order valence-electron chi connectivity index (χ4n) is 3.36. The van der Waals surface area contributed by atoms with Gasteiger partial charge >= 0.3 is 0 Å². The number of hydrogen-bond donors (Lipinski definition) is 0. The van der Waals surface area contributed by atoms with E-state index in [1.54, 1.807) is 0 Å². The van der Waals surface area contributed by atoms with Crippen LogP contribution in [0.15, 0.2) is 0 Å². The van der Waals surface area contributed by atoms with Gasteiger partial charge in [-0.3, -0.25) is 0 Å². The molecule has 0 aliphatic heterocycles. The maximum absolute atomic E-state index is 5.71. The number of terminal acetylenes is 1. The second-order valence-electron chi connectivity index (χ2n) is 7.39. The van der Waals surface area contributed by atoms with Gasteiger partial charge < -0.3 is 0 Å². The second kappa shape index (κ2) is 19.6. The van der Waals surface area contributed by atoms with Gasteiger partial charge in [-0.15, -0.1) is 12.3 Å².